The van der Waals surface area contributed by atoms with Crippen LogP contribution < -0.4 is 5.32 Å². The lowest BCUT2D eigenvalue weighted by Gasteiger charge is -2.28. The number of piperidine rings is 1. The van der Waals surface area contributed by atoms with Gasteiger partial charge in [-0.3, -0.25) is 0 Å². The average Bonchev–Trinajstić information content (AvgIpc) is 2.56. The molecule has 0 radical (unpaired) electrons. The van der Waals surface area contributed by atoms with Crippen molar-refractivity contribution in [2.24, 2.45) is 0 Å². The molecule has 0 spiro atoms. The van der Waals surface area contributed by atoms with Crippen molar-refractivity contribution in [2.45, 2.75) is 25.0 Å². The van der Waals surface area contributed by atoms with Crippen LogP contribution in [0.15, 0.2) is 48.5 Å². The summed E-state index contributed by atoms with van der Waals surface area (Å²) in [6.07, 6.45) is 1.74. The Morgan fingerprint density at radius 2 is 1.26 bits per heavy atom. The van der Waals surface area contributed by atoms with Gasteiger partial charge in [0.05, 0.1) is 6.10 Å². The van der Waals surface area contributed by atoms with E-state index in [9.17, 15) is 8.78 Å². The molecule has 0 amide bonds. The summed E-state index contributed by atoms with van der Waals surface area (Å²) in [5.74, 6) is -0.549. The Morgan fingerprint density at radius 3 is 1.70 bits per heavy atom. The molecule has 0 saturated carbocycles. The SMILES string of the molecule is Cl.Fc1ccc(C(OC2CCNCC2)c2ccc(F)cc2)cc1. The zero-order valence-corrected chi connectivity index (χ0v) is 13.5. The van der Waals surface area contributed by atoms with Crippen molar-refractivity contribution >= 4 is 12.4 Å². The molecule has 5 heteroatoms. The average molecular weight is 340 g/mol. The molecule has 3 rings (SSSR count). The highest BCUT2D eigenvalue weighted by atomic mass is 35.5. The molecular weight excluding hydrogens is 320 g/mol. The van der Waals surface area contributed by atoms with E-state index in [1.54, 1.807) is 24.3 Å². The Hall–Kier alpha value is -1.49. The molecule has 1 N–H and O–H groups in total. The molecule has 0 aromatic heterocycles. The van der Waals surface area contributed by atoms with Crippen LogP contribution in [-0.4, -0.2) is 19.2 Å². The lowest BCUT2D eigenvalue weighted by Crippen LogP contribution is -2.33. The van der Waals surface area contributed by atoms with Crippen LogP contribution in [0.2, 0.25) is 0 Å². The third-order valence-electron chi connectivity index (χ3n) is 3.96. The number of hydrogen-bond donors (Lipinski definition) is 1. The Morgan fingerprint density at radius 1 is 0.826 bits per heavy atom. The van der Waals surface area contributed by atoms with Gasteiger partial charge in [-0.25, -0.2) is 8.78 Å². The standard InChI is InChI=1S/C18H19F2NO.ClH/c19-15-5-1-13(2-6-15)18(14-3-7-16(20)8-4-14)22-17-9-11-21-12-10-17;/h1-8,17-18,21H,9-12H2;1H. The summed E-state index contributed by atoms with van der Waals surface area (Å²) < 4.78 is 32.6. The third-order valence-corrected chi connectivity index (χ3v) is 3.96. The second-order valence-electron chi connectivity index (χ2n) is 5.57. The van der Waals surface area contributed by atoms with E-state index < -0.39 is 0 Å². The van der Waals surface area contributed by atoms with Crippen molar-refractivity contribution in [2.75, 3.05) is 13.1 Å². The molecule has 1 fully saturated rings. The molecule has 0 atom stereocenters. The summed E-state index contributed by atoms with van der Waals surface area (Å²) in [5, 5.41) is 3.30. The topological polar surface area (TPSA) is 21.3 Å². The smallest absolute Gasteiger partial charge is 0.123 e. The molecular formula is C18H20ClF2NO. The van der Waals surface area contributed by atoms with Crippen molar-refractivity contribution in [3.63, 3.8) is 0 Å². The zero-order valence-electron chi connectivity index (χ0n) is 12.7. The molecule has 1 saturated heterocycles. The van der Waals surface area contributed by atoms with Crippen molar-refractivity contribution in [1.29, 1.82) is 0 Å². The second-order valence-corrected chi connectivity index (χ2v) is 5.57. The van der Waals surface area contributed by atoms with Crippen molar-refractivity contribution in [3.8, 4) is 0 Å². The minimum absolute atomic E-state index is 0. The number of benzene rings is 2. The molecule has 0 aliphatic carbocycles. The van der Waals surface area contributed by atoms with E-state index in [2.05, 4.69) is 5.32 Å². The van der Waals surface area contributed by atoms with Gasteiger partial charge in [-0.05, 0) is 61.3 Å². The van der Waals surface area contributed by atoms with Crippen LogP contribution in [-0.2, 0) is 4.74 Å². The van der Waals surface area contributed by atoms with Gasteiger partial charge in [0.2, 0.25) is 0 Å². The largest absolute Gasteiger partial charge is 0.365 e. The molecule has 0 unspecified atom stereocenters. The van der Waals surface area contributed by atoms with Crippen molar-refractivity contribution in [1.82, 2.24) is 5.32 Å². The molecule has 1 heterocycles. The summed E-state index contributed by atoms with van der Waals surface area (Å²) in [5.41, 5.74) is 1.76. The minimum atomic E-state index is -0.302. The van der Waals surface area contributed by atoms with Gasteiger partial charge in [0.15, 0.2) is 0 Å². The normalized spacial score (nSPS) is 15.4. The first-order chi connectivity index (χ1) is 10.7. The molecule has 124 valence electrons. The summed E-state index contributed by atoms with van der Waals surface area (Å²) in [6.45, 7) is 1.87. The van der Waals surface area contributed by atoms with Crippen LogP contribution in [0.5, 0.6) is 0 Å². The highest BCUT2D eigenvalue weighted by Crippen LogP contribution is 2.29. The molecule has 0 bridgehead atoms. The zero-order chi connectivity index (χ0) is 15.4. The van der Waals surface area contributed by atoms with Gasteiger partial charge in [0.1, 0.15) is 17.7 Å². The van der Waals surface area contributed by atoms with E-state index in [0.717, 1.165) is 37.1 Å². The maximum Gasteiger partial charge on any atom is 0.123 e. The number of rotatable bonds is 4. The Bertz CT molecular complexity index is 552. The fourth-order valence-electron chi connectivity index (χ4n) is 2.75. The summed E-state index contributed by atoms with van der Waals surface area (Å²) in [6, 6.07) is 12.6. The van der Waals surface area contributed by atoms with E-state index in [4.69, 9.17) is 4.74 Å². The molecule has 1 aliphatic rings. The van der Waals surface area contributed by atoms with Crippen LogP contribution in [0.25, 0.3) is 0 Å². The highest BCUT2D eigenvalue weighted by molar-refractivity contribution is 5.85. The fraction of sp³-hybridized carbons (Fsp3) is 0.333. The first-order valence-electron chi connectivity index (χ1n) is 7.59. The van der Waals surface area contributed by atoms with Gasteiger partial charge in [-0.15, -0.1) is 12.4 Å². The number of halogens is 3. The molecule has 2 aromatic carbocycles. The van der Waals surface area contributed by atoms with Crippen LogP contribution in [0.4, 0.5) is 8.78 Å². The van der Waals surface area contributed by atoms with Crippen LogP contribution in [0.3, 0.4) is 0 Å². The van der Waals surface area contributed by atoms with E-state index in [1.807, 2.05) is 0 Å². The second kappa shape index (κ2) is 8.39. The van der Waals surface area contributed by atoms with E-state index in [1.165, 1.54) is 24.3 Å². The predicted octanol–water partition coefficient (Wildman–Crippen LogP) is 4.24. The molecule has 2 aromatic rings. The minimum Gasteiger partial charge on any atom is -0.365 e. The first kappa shape index (κ1) is 17.9. The van der Waals surface area contributed by atoms with Gasteiger partial charge in [-0.2, -0.15) is 0 Å². The maximum absolute atomic E-state index is 13.2. The van der Waals surface area contributed by atoms with E-state index in [0.29, 0.717) is 0 Å². The third kappa shape index (κ3) is 4.74. The van der Waals surface area contributed by atoms with E-state index in [-0.39, 0.29) is 36.2 Å². The van der Waals surface area contributed by atoms with Crippen LogP contribution in [0.1, 0.15) is 30.1 Å². The highest BCUT2D eigenvalue weighted by Gasteiger charge is 2.22. The Balaban J connectivity index is 0.00000192. The van der Waals surface area contributed by atoms with Gasteiger partial charge < -0.3 is 10.1 Å². The van der Waals surface area contributed by atoms with E-state index >= 15 is 0 Å². The maximum atomic E-state index is 13.2. The predicted molar refractivity (Wildman–Crippen MR) is 88.9 cm³/mol. The van der Waals surface area contributed by atoms with Gasteiger partial charge in [0.25, 0.3) is 0 Å². The van der Waals surface area contributed by atoms with Crippen LogP contribution in [0, 0.1) is 11.6 Å². The van der Waals surface area contributed by atoms with Gasteiger partial charge in [-0.1, -0.05) is 24.3 Å². The number of hydrogen-bond acceptors (Lipinski definition) is 2. The Labute approximate surface area is 141 Å². The van der Waals surface area contributed by atoms with Gasteiger partial charge >= 0.3 is 0 Å². The molecule has 2 nitrogen and oxygen atoms in total. The first-order valence-corrected chi connectivity index (χ1v) is 7.59. The molecule has 1 aliphatic heterocycles. The molecule has 23 heavy (non-hydrogen) atoms. The van der Waals surface area contributed by atoms with Crippen molar-refractivity contribution < 1.29 is 13.5 Å². The van der Waals surface area contributed by atoms with Gasteiger partial charge in [0, 0.05) is 0 Å². The number of nitrogens with one attached hydrogen (secondary N) is 1. The summed E-state index contributed by atoms with van der Waals surface area (Å²) in [4.78, 5) is 0. The number of ether oxygens (including phenoxy) is 1. The van der Waals surface area contributed by atoms with Crippen LogP contribution >= 0.6 is 12.4 Å². The lowest BCUT2D eigenvalue weighted by molar-refractivity contribution is -0.00809. The summed E-state index contributed by atoms with van der Waals surface area (Å²) >= 11 is 0. The lowest BCUT2D eigenvalue weighted by atomic mass is 10.00. The quantitative estimate of drug-likeness (QED) is 0.899. The monoisotopic (exact) mass is 339 g/mol. The van der Waals surface area contributed by atoms with Crippen molar-refractivity contribution in [3.05, 3.63) is 71.3 Å². The summed E-state index contributed by atoms with van der Waals surface area (Å²) in [7, 11) is 0. The fourth-order valence-corrected chi connectivity index (χ4v) is 2.75. The Kier molecular flexibility index (Phi) is 6.51.